The van der Waals surface area contributed by atoms with Crippen LogP contribution in [0.4, 0.5) is 0 Å². The van der Waals surface area contributed by atoms with Gasteiger partial charge in [0.05, 0.1) is 24.1 Å². The summed E-state index contributed by atoms with van der Waals surface area (Å²) in [6.07, 6.45) is 2.82. The van der Waals surface area contributed by atoms with Crippen molar-refractivity contribution in [1.82, 2.24) is 19.7 Å². The Morgan fingerprint density at radius 1 is 1.50 bits per heavy atom. The predicted molar refractivity (Wildman–Crippen MR) is 93.2 cm³/mol. The van der Waals surface area contributed by atoms with Crippen molar-refractivity contribution in [2.75, 3.05) is 26.3 Å². The summed E-state index contributed by atoms with van der Waals surface area (Å²) < 4.78 is 7.33. The average molecular weight is 330 g/mol. The van der Waals surface area contributed by atoms with Gasteiger partial charge in [0, 0.05) is 37.0 Å². The molecule has 2 aromatic heterocycles. The Balaban J connectivity index is 1.89. The lowest BCUT2D eigenvalue weighted by atomic mass is 10.1. The molecule has 0 radical (unpaired) electrons. The van der Waals surface area contributed by atoms with Gasteiger partial charge in [-0.3, -0.25) is 4.79 Å². The van der Waals surface area contributed by atoms with E-state index < -0.39 is 0 Å². The predicted octanol–water partition coefficient (Wildman–Crippen LogP) is 2.82. The minimum Gasteiger partial charge on any atom is -0.381 e. The second-order valence-electron chi connectivity index (χ2n) is 6.79. The summed E-state index contributed by atoms with van der Waals surface area (Å²) in [7, 11) is 0. The molecule has 1 aliphatic rings. The Morgan fingerprint density at radius 2 is 2.29 bits per heavy atom. The van der Waals surface area contributed by atoms with Crippen molar-refractivity contribution >= 4 is 16.9 Å². The van der Waals surface area contributed by atoms with Gasteiger partial charge in [-0.05, 0) is 40.2 Å². The van der Waals surface area contributed by atoms with Crippen molar-refractivity contribution in [3.05, 3.63) is 23.5 Å². The van der Waals surface area contributed by atoms with E-state index >= 15 is 0 Å². The summed E-state index contributed by atoms with van der Waals surface area (Å²) in [5.74, 6) is 0.489. The SMILES string of the molecule is CCN(C[C@@H]1CCOC1)C(=O)c1cc2cnn(C(C)C)c2nc1C. The first-order valence-corrected chi connectivity index (χ1v) is 8.73. The number of nitrogens with zero attached hydrogens (tertiary/aromatic N) is 4. The fourth-order valence-electron chi connectivity index (χ4n) is 3.23. The summed E-state index contributed by atoms with van der Waals surface area (Å²) in [4.78, 5) is 19.5. The molecule has 130 valence electrons. The van der Waals surface area contributed by atoms with E-state index in [2.05, 4.69) is 23.9 Å². The van der Waals surface area contributed by atoms with E-state index in [0.717, 1.165) is 42.9 Å². The molecular formula is C18H26N4O2. The van der Waals surface area contributed by atoms with Crippen LogP contribution in [0, 0.1) is 12.8 Å². The number of pyridine rings is 1. The number of hydrogen-bond donors (Lipinski definition) is 0. The van der Waals surface area contributed by atoms with Crippen molar-refractivity contribution in [2.24, 2.45) is 5.92 Å². The Labute approximate surface area is 142 Å². The standard InChI is InChI=1S/C18H26N4O2/c1-5-21(10-14-6-7-24-11-14)18(23)16-8-15-9-19-22(12(2)3)17(15)20-13(16)4/h8-9,12,14H,5-7,10-11H2,1-4H3/t14-/m0/s1. The maximum atomic E-state index is 13.0. The molecule has 6 heteroatoms. The minimum absolute atomic E-state index is 0.0496. The summed E-state index contributed by atoms with van der Waals surface area (Å²) in [6.45, 7) is 11.1. The number of rotatable bonds is 5. The summed E-state index contributed by atoms with van der Waals surface area (Å²) in [5, 5.41) is 5.31. The Hall–Kier alpha value is -1.95. The molecule has 1 fully saturated rings. The number of carbonyl (C=O) groups excluding carboxylic acids is 1. The van der Waals surface area contributed by atoms with Gasteiger partial charge in [0.25, 0.3) is 5.91 Å². The second kappa shape index (κ2) is 6.89. The molecule has 0 unspecified atom stereocenters. The first-order valence-electron chi connectivity index (χ1n) is 8.73. The van der Waals surface area contributed by atoms with Crippen LogP contribution >= 0.6 is 0 Å². The van der Waals surface area contributed by atoms with E-state index in [-0.39, 0.29) is 11.9 Å². The first kappa shape index (κ1) is 16.9. The smallest absolute Gasteiger partial charge is 0.255 e. The van der Waals surface area contributed by atoms with Crippen LogP contribution in [-0.4, -0.2) is 51.9 Å². The highest BCUT2D eigenvalue weighted by Crippen LogP contribution is 2.21. The van der Waals surface area contributed by atoms with Gasteiger partial charge in [0.15, 0.2) is 5.65 Å². The van der Waals surface area contributed by atoms with Crippen molar-refractivity contribution in [3.63, 3.8) is 0 Å². The molecule has 6 nitrogen and oxygen atoms in total. The van der Waals surface area contributed by atoms with Crippen LogP contribution in [0.2, 0.25) is 0 Å². The number of hydrogen-bond acceptors (Lipinski definition) is 4. The average Bonchev–Trinajstić information content (AvgIpc) is 3.20. The first-order chi connectivity index (χ1) is 11.5. The van der Waals surface area contributed by atoms with E-state index in [1.807, 2.05) is 29.5 Å². The van der Waals surface area contributed by atoms with E-state index in [0.29, 0.717) is 18.0 Å². The lowest BCUT2D eigenvalue weighted by Crippen LogP contribution is -2.36. The van der Waals surface area contributed by atoms with E-state index in [1.54, 1.807) is 6.20 Å². The number of fused-ring (bicyclic) bond motifs is 1. The topological polar surface area (TPSA) is 60.2 Å². The Kier molecular flexibility index (Phi) is 4.85. The maximum absolute atomic E-state index is 13.0. The fraction of sp³-hybridized carbons (Fsp3) is 0.611. The molecule has 1 atom stereocenters. The van der Waals surface area contributed by atoms with Gasteiger partial charge >= 0.3 is 0 Å². The third-order valence-corrected chi connectivity index (χ3v) is 4.65. The zero-order valence-electron chi connectivity index (χ0n) is 15.0. The largest absolute Gasteiger partial charge is 0.381 e. The molecule has 1 aliphatic heterocycles. The molecule has 1 saturated heterocycles. The molecule has 24 heavy (non-hydrogen) atoms. The van der Waals surface area contributed by atoms with Gasteiger partial charge in [-0.25, -0.2) is 9.67 Å². The molecule has 3 rings (SSSR count). The minimum atomic E-state index is 0.0496. The normalized spacial score (nSPS) is 17.8. The zero-order chi connectivity index (χ0) is 17.3. The number of aryl methyl sites for hydroxylation is 1. The molecule has 1 amide bonds. The second-order valence-corrected chi connectivity index (χ2v) is 6.79. The van der Waals surface area contributed by atoms with Crippen molar-refractivity contribution in [2.45, 2.75) is 40.2 Å². The number of amides is 1. The van der Waals surface area contributed by atoms with Crippen molar-refractivity contribution in [3.8, 4) is 0 Å². The molecular weight excluding hydrogens is 304 g/mol. The Morgan fingerprint density at radius 3 is 2.92 bits per heavy atom. The lowest BCUT2D eigenvalue weighted by molar-refractivity contribution is 0.0730. The van der Waals surface area contributed by atoms with Crippen molar-refractivity contribution < 1.29 is 9.53 Å². The van der Waals surface area contributed by atoms with Crippen LogP contribution in [0.1, 0.15) is 49.3 Å². The number of aromatic nitrogens is 3. The van der Waals surface area contributed by atoms with Gasteiger partial charge in [-0.1, -0.05) is 0 Å². The molecule has 0 spiro atoms. The van der Waals surface area contributed by atoms with Gasteiger partial charge in [0.1, 0.15) is 0 Å². The van der Waals surface area contributed by atoms with Crippen LogP contribution in [0.3, 0.4) is 0 Å². The summed E-state index contributed by atoms with van der Waals surface area (Å²) >= 11 is 0. The van der Waals surface area contributed by atoms with Crippen molar-refractivity contribution in [1.29, 1.82) is 0 Å². The highest BCUT2D eigenvalue weighted by atomic mass is 16.5. The number of carbonyl (C=O) groups is 1. The molecule has 2 aromatic rings. The van der Waals surface area contributed by atoms with Crippen LogP contribution in [0.25, 0.3) is 11.0 Å². The fourth-order valence-corrected chi connectivity index (χ4v) is 3.23. The molecule has 0 saturated carbocycles. The Bertz CT molecular complexity index is 732. The molecule has 0 aliphatic carbocycles. The maximum Gasteiger partial charge on any atom is 0.255 e. The molecule has 3 heterocycles. The quantitative estimate of drug-likeness (QED) is 0.846. The summed E-state index contributed by atoms with van der Waals surface area (Å²) in [5.41, 5.74) is 2.27. The zero-order valence-corrected chi connectivity index (χ0v) is 15.0. The number of ether oxygens (including phenoxy) is 1. The van der Waals surface area contributed by atoms with Crippen LogP contribution < -0.4 is 0 Å². The molecule has 0 aromatic carbocycles. The highest BCUT2D eigenvalue weighted by molar-refractivity contribution is 5.98. The monoisotopic (exact) mass is 330 g/mol. The highest BCUT2D eigenvalue weighted by Gasteiger charge is 2.24. The van der Waals surface area contributed by atoms with Crippen LogP contribution in [0.5, 0.6) is 0 Å². The van der Waals surface area contributed by atoms with Gasteiger partial charge in [-0.2, -0.15) is 5.10 Å². The summed E-state index contributed by atoms with van der Waals surface area (Å²) in [6, 6.07) is 2.17. The molecule has 0 bridgehead atoms. The third-order valence-electron chi connectivity index (χ3n) is 4.65. The van der Waals surface area contributed by atoms with Crippen LogP contribution in [-0.2, 0) is 4.74 Å². The van der Waals surface area contributed by atoms with Crippen LogP contribution in [0.15, 0.2) is 12.3 Å². The van der Waals surface area contributed by atoms with E-state index in [4.69, 9.17) is 4.74 Å². The lowest BCUT2D eigenvalue weighted by Gasteiger charge is -2.24. The van der Waals surface area contributed by atoms with E-state index in [1.165, 1.54) is 0 Å². The third kappa shape index (κ3) is 3.15. The molecule has 0 N–H and O–H groups in total. The van der Waals surface area contributed by atoms with Gasteiger partial charge in [0.2, 0.25) is 0 Å². The van der Waals surface area contributed by atoms with Gasteiger partial charge < -0.3 is 9.64 Å². The van der Waals surface area contributed by atoms with E-state index in [9.17, 15) is 4.79 Å². The van der Waals surface area contributed by atoms with Gasteiger partial charge in [-0.15, -0.1) is 0 Å².